The number of hydrogen-bond donors (Lipinski definition) is 0. The molecular weight excluding hydrogens is 390 g/mol. The molecule has 2 aromatic rings. The molecule has 7 heteroatoms. The largest absolute Gasteiger partial charge is 0.397 e. The Morgan fingerprint density at radius 3 is 2.48 bits per heavy atom. The number of urea groups is 1. The third kappa shape index (κ3) is 3.21. The van der Waals surface area contributed by atoms with Gasteiger partial charge in [0.15, 0.2) is 0 Å². The van der Waals surface area contributed by atoms with E-state index >= 15 is 0 Å². The first-order valence-electron chi connectivity index (χ1n) is 10.6. The molecule has 0 N–H and O–H groups in total. The number of fused-ring (bicyclic) bond motifs is 2. The Hall–Kier alpha value is -3.48. The summed E-state index contributed by atoms with van der Waals surface area (Å²) in [6.45, 7) is 5.99. The lowest BCUT2D eigenvalue weighted by atomic mass is 10.1. The zero-order valence-electron chi connectivity index (χ0n) is 18.0. The molecule has 0 radical (unpaired) electrons. The molecule has 3 amide bonds. The fraction of sp³-hybridized carbons (Fsp3) is 0.333. The summed E-state index contributed by atoms with van der Waals surface area (Å²) in [7, 11) is 1.71. The molecule has 0 bridgehead atoms. The predicted molar refractivity (Wildman–Crippen MR) is 119 cm³/mol. The van der Waals surface area contributed by atoms with Gasteiger partial charge >= 0.3 is 12.0 Å². The van der Waals surface area contributed by atoms with E-state index in [4.69, 9.17) is 4.99 Å². The van der Waals surface area contributed by atoms with Crippen molar-refractivity contribution >= 4 is 29.4 Å². The first-order valence-corrected chi connectivity index (χ1v) is 10.6. The van der Waals surface area contributed by atoms with Crippen molar-refractivity contribution in [1.82, 2.24) is 9.80 Å². The average Bonchev–Trinajstić information content (AvgIpc) is 3.16. The van der Waals surface area contributed by atoms with E-state index in [1.807, 2.05) is 61.5 Å². The van der Waals surface area contributed by atoms with Crippen LogP contribution in [0.4, 0.5) is 10.5 Å². The van der Waals surface area contributed by atoms with E-state index in [0.717, 1.165) is 35.9 Å². The Morgan fingerprint density at radius 2 is 1.77 bits per heavy atom. The van der Waals surface area contributed by atoms with E-state index in [0.29, 0.717) is 11.8 Å². The second-order valence-electron chi connectivity index (χ2n) is 8.63. The summed E-state index contributed by atoms with van der Waals surface area (Å²) in [6.07, 6.45) is 0. The number of guanidine groups is 1. The third-order valence-corrected chi connectivity index (χ3v) is 6.16. The Kier molecular flexibility index (Phi) is 4.61. The minimum absolute atomic E-state index is 0.209. The van der Waals surface area contributed by atoms with Crippen LogP contribution in [-0.4, -0.2) is 64.3 Å². The fourth-order valence-electron chi connectivity index (χ4n) is 4.55. The first-order chi connectivity index (χ1) is 14.9. The van der Waals surface area contributed by atoms with Crippen molar-refractivity contribution in [3.63, 3.8) is 0 Å². The van der Waals surface area contributed by atoms with Crippen molar-refractivity contribution in [3.05, 3.63) is 65.7 Å². The molecule has 3 aliphatic rings. The van der Waals surface area contributed by atoms with Gasteiger partial charge in [-0.2, -0.15) is 0 Å². The van der Waals surface area contributed by atoms with Gasteiger partial charge in [0.25, 0.3) is 5.91 Å². The highest BCUT2D eigenvalue weighted by atomic mass is 16.2. The van der Waals surface area contributed by atoms with Crippen molar-refractivity contribution in [2.24, 2.45) is 10.9 Å². The number of anilines is 1. The molecule has 0 spiro atoms. The number of amidine groups is 1. The molecule has 1 fully saturated rings. The molecule has 0 aliphatic carbocycles. The number of aliphatic imine (C=N–C) groups is 1. The standard InChI is InChI=1S/C24H26N5O2/c1-16-9-11-18(12-10-16)15-29-22(30)20-21(26(3)24(29)31)25-23-27(13-17(2)14-28(20)23)19-7-5-4-6-8-19/h4-12,17,20H,13-15H2,1-3H3/q+1. The smallest absolute Gasteiger partial charge is 0.270 e. The number of amides is 3. The summed E-state index contributed by atoms with van der Waals surface area (Å²) in [6, 6.07) is 17.1. The second kappa shape index (κ2) is 7.34. The van der Waals surface area contributed by atoms with Crippen molar-refractivity contribution < 1.29 is 14.2 Å². The van der Waals surface area contributed by atoms with E-state index < -0.39 is 6.04 Å². The first kappa shape index (κ1) is 19.5. The summed E-state index contributed by atoms with van der Waals surface area (Å²) in [4.78, 5) is 36.5. The van der Waals surface area contributed by atoms with Gasteiger partial charge in [-0.3, -0.25) is 14.6 Å². The maximum absolute atomic E-state index is 13.6. The highest BCUT2D eigenvalue weighted by Crippen LogP contribution is 2.28. The van der Waals surface area contributed by atoms with Crippen LogP contribution in [0.25, 0.3) is 0 Å². The minimum atomic E-state index is -0.572. The molecule has 2 unspecified atom stereocenters. The quantitative estimate of drug-likeness (QED) is 0.723. The van der Waals surface area contributed by atoms with E-state index in [2.05, 4.69) is 16.4 Å². The molecule has 0 saturated carbocycles. The Balaban J connectivity index is 1.52. The topological polar surface area (TPSA) is 59.2 Å². The molecule has 31 heavy (non-hydrogen) atoms. The van der Waals surface area contributed by atoms with Crippen LogP contribution in [0.2, 0.25) is 0 Å². The van der Waals surface area contributed by atoms with Crippen LogP contribution in [0.1, 0.15) is 18.1 Å². The Labute approximate surface area is 181 Å². The maximum atomic E-state index is 13.6. The van der Waals surface area contributed by atoms with Crippen LogP contribution in [0.3, 0.4) is 0 Å². The molecule has 5 rings (SSSR count). The maximum Gasteiger partial charge on any atom is 0.397 e. The van der Waals surface area contributed by atoms with Crippen LogP contribution < -0.4 is 4.90 Å². The highest BCUT2D eigenvalue weighted by molar-refractivity contribution is 6.24. The monoisotopic (exact) mass is 416 g/mol. The molecule has 158 valence electrons. The van der Waals surface area contributed by atoms with Crippen LogP contribution in [0.15, 0.2) is 59.6 Å². The number of imide groups is 1. The van der Waals surface area contributed by atoms with E-state index in [1.165, 1.54) is 9.80 Å². The number of rotatable bonds is 3. The molecule has 1 saturated heterocycles. The third-order valence-electron chi connectivity index (χ3n) is 6.16. The summed E-state index contributed by atoms with van der Waals surface area (Å²) < 4.78 is 2.06. The Morgan fingerprint density at radius 1 is 1.06 bits per heavy atom. The van der Waals surface area contributed by atoms with E-state index in [1.54, 1.807) is 7.05 Å². The van der Waals surface area contributed by atoms with E-state index in [-0.39, 0.29) is 18.5 Å². The second-order valence-corrected chi connectivity index (χ2v) is 8.63. The Bertz CT molecular complexity index is 1110. The number of likely N-dealkylation sites (N-methyl/N-ethyl adjacent to an activating group) is 1. The van der Waals surface area contributed by atoms with Gasteiger partial charge < -0.3 is 0 Å². The van der Waals surface area contributed by atoms with Gasteiger partial charge in [-0.05, 0) is 24.6 Å². The lowest BCUT2D eigenvalue weighted by Crippen LogP contribution is -2.63. The minimum Gasteiger partial charge on any atom is -0.270 e. The van der Waals surface area contributed by atoms with Crippen molar-refractivity contribution in [1.29, 1.82) is 0 Å². The summed E-state index contributed by atoms with van der Waals surface area (Å²) >= 11 is 0. The molecule has 3 aliphatic heterocycles. The normalized spacial score (nSPS) is 23.2. The predicted octanol–water partition coefficient (Wildman–Crippen LogP) is 2.69. The van der Waals surface area contributed by atoms with Gasteiger partial charge in [-0.25, -0.2) is 14.3 Å². The SMILES string of the molecule is Cc1ccc(CN2C(=O)C3C(=NC4=[N+]3CC(C)CN4c3ccccc3)N(C)C2=O)cc1. The highest BCUT2D eigenvalue weighted by Gasteiger charge is 2.55. The average molecular weight is 417 g/mol. The zero-order valence-corrected chi connectivity index (χ0v) is 18.0. The summed E-state index contributed by atoms with van der Waals surface area (Å²) in [5.74, 6) is 1.40. The lowest BCUT2D eigenvalue weighted by molar-refractivity contribution is -0.545. The molecule has 0 aromatic heterocycles. The van der Waals surface area contributed by atoms with Crippen molar-refractivity contribution in [3.8, 4) is 0 Å². The fourth-order valence-corrected chi connectivity index (χ4v) is 4.55. The van der Waals surface area contributed by atoms with Gasteiger partial charge in [0, 0.05) is 13.0 Å². The molecular formula is C24H26N5O2+. The van der Waals surface area contributed by atoms with Crippen LogP contribution in [-0.2, 0) is 11.3 Å². The van der Waals surface area contributed by atoms with E-state index in [9.17, 15) is 9.59 Å². The number of nitrogens with zero attached hydrogens (tertiary/aromatic N) is 5. The molecule has 2 aromatic carbocycles. The number of carbonyl (C=O) groups excluding carboxylic acids is 2. The summed E-state index contributed by atoms with van der Waals surface area (Å²) in [5, 5.41) is 0. The molecule has 7 nitrogen and oxygen atoms in total. The van der Waals surface area contributed by atoms with Crippen molar-refractivity contribution in [2.45, 2.75) is 26.4 Å². The number of hydrogen-bond acceptors (Lipinski definition) is 4. The van der Waals surface area contributed by atoms with Gasteiger partial charge in [0.05, 0.1) is 19.6 Å². The number of carbonyl (C=O) groups is 2. The number of para-hydroxylation sites is 1. The molecule has 2 atom stereocenters. The zero-order chi connectivity index (χ0) is 21.7. The molecule has 3 heterocycles. The van der Waals surface area contributed by atoms with Gasteiger partial charge in [0.2, 0.25) is 11.9 Å². The number of aryl methyl sites for hydroxylation is 1. The van der Waals surface area contributed by atoms with Crippen LogP contribution >= 0.6 is 0 Å². The van der Waals surface area contributed by atoms with Crippen LogP contribution in [0, 0.1) is 12.8 Å². The van der Waals surface area contributed by atoms with Gasteiger partial charge in [0.1, 0.15) is 5.69 Å². The lowest BCUT2D eigenvalue weighted by Gasteiger charge is -2.35. The summed E-state index contributed by atoms with van der Waals surface area (Å²) in [5.41, 5.74) is 3.11. The van der Waals surface area contributed by atoms with Crippen molar-refractivity contribution in [2.75, 3.05) is 25.0 Å². The van der Waals surface area contributed by atoms with Gasteiger partial charge in [-0.15, -0.1) is 0 Å². The van der Waals surface area contributed by atoms with Crippen LogP contribution in [0.5, 0.6) is 0 Å². The van der Waals surface area contributed by atoms with Gasteiger partial charge in [-0.1, -0.05) is 59.9 Å². The number of benzene rings is 2.